The minimum absolute atomic E-state index is 0.106. The first-order valence-electron chi connectivity index (χ1n) is 8.37. The predicted octanol–water partition coefficient (Wildman–Crippen LogP) is 2.46. The molecule has 0 radical (unpaired) electrons. The van der Waals surface area contributed by atoms with E-state index in [0.29, 0.717) is 5.76 Å². The molecular weight excluding hydrogens is 372 g/mol. The topological polar surface area (TPSA) is 130 Å². The van der Waals surface area contributed by atoms with Crippen molar-refractivity contribution >= 4 is 17.6 Å². The molecule has 1 aromatic carbocycles. The van der Waals surface area contributed by atoms with Crippen LogP contribution >= 0.6 is 0 Å². The van der Waals surface area contributed by atoms with Crippen molar-refractivity contribution in [1.82, 2.24) is 5.32 Å². The highest BCUT2D eigenvalue weighted by Crippen LogP contribution is 2.35. The maximum absolute atomic E-state index is 12.5. The van der Waals surface area contributed by atoms with E-state index >= 15 is 0 Å². The third-order valence-corrected chi connectivity index (χ3v) is 3.67. The number of furan rings is 1. The van der Waals surface area contributed by atoms with Crippen molar-refractivity contribution in [3.05, 3.63) is 52.0 Å². The number of carbonyl (C=O) groups is 2. The maximum Gasteiger partial charge on any atom is 0.346 e. The van der Waals surface area contributed by atoms with Gasteiger partial charge in [-0.3, -0.25) is 14.9 Å². The van der Waals surface area contributed by atoms with E-state index in [-0.39, 0.29) is 30.2 Å². The molecule has 2 aromatic rings. The van der Waals surface area contributed by atoms with E-state index in [9.17, 15) is 19.7 Å². The lowest BCUT2D eigenvalue weighted by molar-refractivity contribution is -0.385. The summed E-state index contributed by atoms with van der Waals surface area (Å²) in [6.45, 7) is 3.44. The van der Waals surface area contributed by atoms with E-state index in [2.05, 4.69) is 5.32 Å². The maximum atomic E-state index is 12.5. The Bertz CT molecular complexity index is 848. The van der Waals surface area contributed by atoms with E-state index in [4.69, 9.17) is 18.6 Å². The number of hydrogen-bond acceptors (Lipinski definition) is 8. The lowest BCUT2D eigenvalue weighted by Gasteiger charge is -2.15. The van der Waals surface area contributed by atoms with Crippen LogP contribution in [0.3, 0.4) is 0 Å². The molecule has 1 N–H and O–H groups in total. The van der Waals surface area contributed by atoms with Gasteiger partial charge >= 0.3 is 5.97 Å². The average Bonchev–Trinajstić information content (AvgIpc) is 3.19. The summed E-state index contributed by atoms with van der Waals surface area (Å²) in [6, 6.07) is 5.58. The molecule has 2 rings (SSSR count). The first-order chi connectivity index (χ1) is 13.4. The van der Waals surface area contributed by atoms with Crippen molar-refractivity contribution in [2.45, 2.75) is 26.5 Å². The number of esters is 1. The third kappa shape index (κ3) is 5.00. The largest absolute Gasteiger partial charge is 0.493 e. The molecule has 0 unspecified atom stereocenters. The highest BCUT2D eigenvalue weighted by atomic mass is 16.6. The molecule has 0 saturated carbocycles. The normalized spacial score (nSPS) is 11.4. The molecule has 10 heteroatoms. The van der Waals surface area contributed by atoms with Crippen LogP contribution in [0.2, 0.25) is 0 Å². The molecule has 10 nitrogen and oxygen atoms in total. The Morgan fingerprint density at radius 2 is 2.07 bits per heavy atom. The highest BCUT2D eigenvalue weighted by Gasteiger charge is 2.28. The van der Waals surface area contributed by atoms with Gasteiger partial charge in [-0.25, -0.2) is 4.79 Å². The van der Waals surface area contributed by atoms with Crippen LogP contribution in [-0.2, 0) is 16.1 Å². The third-order valence-electron chi connectivity index (χ3n) is 3.67. The molecule has 0 fully saturated rings. The molecule has 1 atom stereocenters. The van der Waals surface area contributed by atoms with Crippen LogP contribution in [0.15, 0.2) is 34.9 Å². The van der Waals surface area contributed by atoms with Gasteiger partial charge < -0.3 is 23.9 Å². The van der Waals surface area contributed by atoms with Crippen molar-refractivity contribution in [2.75, 3.05) is 13.7 Å². The van der Waals surface area contributed by atoms with Gasteiger partial charge in [-0.2, -0.15) is 0 Å². The number of nitrogens with zero attached hydrogens (tertiary/aromatic N) is 1. The first kappa shape index (κ1) is 20.7. The Morgan fingerprint density at radius 1 is 1.32 bits per heavy atom. The van der Waals surface area contributed by atoms with Crippen molar-refractivity contribution in [1.29, 1.82) is 0 Å². The molecule has 1 aromatic heterocycles. The van der Waals surface area contributed by atoms with Gasteiger partial charge in [0.05, 0.1) is 37.5 Å². The number of nitro groups is 1. The average molecular weight is 392 g/mol. The summed E-state index contributed by atoms with van der Waals surface area (Å²) in [5, 5.41) is 13.9. The number of methoxy groups -OCH3 is 1. The summed E-state index contributed by atoms with van der Waals surface area (Å²) in [4.78, 5) is 35.1. The number of rotatable bonds is 9. The van der Waals surface area contributed by atoms with Crippen LogP contribution in [0.5, 0.6) is 11.5 Å². The lowest BCUT2D eigenvalue weighted by atomic mass is 10.1. The van der Waals surface area contributed by atoms with Gasteiger partial charge in [-0.15, -0.1) is 0 Å². The summed E-state index contributed by atoms with van der Waals surface area (Å²) in [5.74, 6) is -0.826. The second kappa shape index (κ2) is 9.40. The zero-order valence-corrected chi connectivity index (χ0v) is 15.6. The van der Waals surface area contributed by atoms with Crippen LogP contribution in [-0.4, -0.2) is 36.6 Å². The fourth-order valence-electron chi connectivity index (χ4n) is 2.30. The number of nitro benzene ring substituents is 1. The highest BCUT2D eigenvalue weighted by molar-refractivity contribution is 5.96. The van der Waals surface area contributed by atoms with Gasteiger partial charge in [0.1, 0.15) is 11.3 Å². The molecule has 150 valence electrons. The van der Waals surface area contributed by atoms with Crippen LogP contribution in [0.4, 0.5) is 5.69 Å². The Kier molecular flexibility index (Phi) is 6.96. The molecule has 0 aliphatic heterocycles. The molecule has 1 heterocycles. The molecule has 0 bridgehead atoms. The first-order valence-corrected chi connectivity index (χ1v) is 8.37. The number of ether oxygens (including phenoxy) is 3. The van der Waals surface area contributed by atoms with Crippen LogP contribution < -0.4 is 14.8 Å². The quantitative estimate of drug-likeness (QED) is 0.391. The number of hydrogen-bond donors (Lipinski definition) is 1. The van der Waals surface area contributed by atoms with Crippen LogP contribution in [0.25, 0.3) is 0 Å². The van der Waals surface area contributed by atoms with Gasteiger partial charge in [0, 0.05) is 6.07 Å². The fourth-order valence-corrected chi connectivity index (χ4v) is 2.30. The van der Waals surface area contributed by atoms with E-state index in [1.807, 2.05) is 0 Å². The molecular formula is C18H20N2O8. The van der Waals surface area contributed by atoms with Gasteiger partial charge in [-0.1, -0.05) is 0 Å². The van der Waals surface area contributed by atoms with Crippen molar-refractivity contribution in [2.24, 2.45) is 0 Å². The van der Waals surface area contributed by atoms with E-state index in [0.717, 1.165) is 12.1 Å². The minimum Gasteiger partial charge on any atom is -0.493 e. The Labute approximate surface area is 160 Å². The van der Waals surface area contributed by atoms with Crippen molar-refractivity contribution in [3.63, 3.8) is 0 Å². The number of amides is 1. The van der Waals surface area contributed by atoms with Crippen molar-refractivity contribution < 1.29 is 33.1 Å². The van der Waals surface area contributed by atoms with Gasteiger partial charge in [0.2, 0.25) is 0 Å². The second-order valence-electron chi connectivity index (χ2n) is 5.56. The molecule has 0 aliphatic rings. The fraction of sp³-hybridized carbons (Fsp3) is 0.333. The summed E-state index contributed by atoms with van der Waals surface area (Å²) in [5.41, 5.74) is -0.867. The van der Waals surface area contributed by atoms with Gasteiger partial charge in [-0.05, 0) is 26.0 Å². The van der Waals surface area contributed by atoms with Crippen LogP contribution in [0, 0.1) is 10.1 Å². The second-order valence-corrected chi connectivity index (χ2v) is 5.56. The summed E-state index contributed by atoms with van der Waals surface area (Å²) in [6.07, 6.45) is 0.281. The predicted molar refractivity (Wildman–Crippen MR) is 96.2 cm³/mol. The summed E-state index contributed by atoms with van der Waals surface area (Å²) < 4.78 is 20.6. The molecule has 1 amide bonds. The molecule has 0 aliphatic carbocycles. The molecule has 0 spiro atoms. The van der Waals surface area contributed by atoms with E-state index < -0.39 is 28.6 Å². The number of carbonyl (C=O) groups excluding carboxylic acids is 2. The standard InChI is InChI=1S/C18H20N2O8/c1-4-26-16-8-13(14(20(23)24)9-15(16)25-3)18(22)28-11(2)17(21)19-10-12-6-5-7-27-12/h5-9,11H,4,10H2,1-3H3,(H,19,21)/t11-/m1/s1. The van der Waals surface area contributed by atoms with Gasteiger partial charge in [0.15, 0.2) is 17.6 Å². The molecule has 0 saturated heterocycles. The minimum atomic E-state index is -1.18. The summed E-state index contributed by atoms with van der Waals surface area (Å²) >= 11 is 0. The monoisotopic (exact) mass is 392 g/mol. The Morgan fingerprint density at radius 3 is 2.64 bits per heavy atom. The number of benzene rings is 1. The van der Waals surface area contributed by atoms with E-state index in [1.54, 1.807) is 19.1 Å². The molecule has 28 heavy (non-hydrogen) atoms. The SMILES string of the molecule is CCOc1cc(C(=O)O[C@H](C)C(=O)NCc2ccco2)c([N+](=O)[O-])cc1OC. The van der Waals surface area contributed by atoms with Crippen LogP contribution in [0.1, 0.15) is 30.0 Å². The smallest absolute Gasteiger partial charge is 0.346 e. The van der Waals surface area contributed by atoms with Crippen molar-refractivity contribution in [3.8, 4) is 11.5 Å². The lowest BCUT2D eigenvalue weighted by Crippen LogP contribution is -2.35. The summed E-state index contributed by atoms with van der Waals surface area (Å²) in [7, 11) is 1.32. The number of nitrogens with one attached hydrogen (secondary N) is 1. The Hall–Kier alpha value is -3.56. The zero-order valence-electron chi connectivity index (χ0n) is 15.6. The zero-order chi connectivity index (χ0) is 20.7. The van der Waals surface area contributed by atoms with Gasteiger partial charge in [0.25, 0.3) is 11.6 Å². The van der Waals surface area contributed by atoms with E-state index in [1.165, 1.54) is 20.3 Å². The Balaban J connectivity index is 2.15.